The van der Waals surface area contributed by atoms with E-state index in [1.807, 2.05) is 36.5 Å². The third-order valence-electron chi connectivity index (χ3n) is 4.43. The van der Waals surface area contributed by atoms with Crippen LogP contribution >= 0.6 is 11.3 Å². The van der Waals surface area contributed by atoms with E-state index in [1.165, 1.54) is 0 Å². The Labute approximate surface area is 160 Å². The van der Waals surface area contributed by atoms with Crippen molar-refractivity contribution >= 4 is 21.2 Å². The summed E-state index contributed by atoms with van der Waals surface area (Å²) in [5.41, 5.74) is 1.83. The molecule has 7 nitrogen and oxygen atoms in total. The van der Waals surface area contributed by atoms with Crippen molar-refractivity contribution in [3.8, 4) is 10.6 Å². The van der Waals surface area contributed by atoms with Crippen LogP contribution in [0.15, 0.2) is 46.5 Å². The molecule has 0 spiro atoms. The van der Waals surface area contributed by atoms with Gasteiger partial charge in [-0.2, -0.15) is 0 Å². The zero-order valence-electron chi connectivity index (χ0n) is 14.7. The van der Waals surface area contributed by atoms with E-state index in [-0.39, 0.29) is 10.7 Å². The maximum absolute atomic E-state index is 12.3. The maximum Gasteiger partial charge on any atom is 0.256 e. The van der Waals surface area contributed by atoms with Gasteiger partial charge in [0.1, 0.15) is 5.01 Å². The lowest BCUT2D eigenvalue weighted by molar-refractivity contribution is 0.243. The first kappa shape index (κ1) is 18.0. The highest BCUT2D eigenvalue weighted by Crippen LogP contribution is 2.26. The zero-order chi connectivity index (χ0) is 19.0. The minimum absolute atomic E-state index is 0.255. The Balaban J connectivity index is 1.53. The van der Waals surface area contributed by atoms with E-state index in [0.717, 1.165) is 21.7 Å². The largest absolute Gasteiger partial charge is 0.297 e. The third-order valence-corrected chi connectivity index (χ3v) is 6.36. The predicted molar refractivity (Wildman–Crippen MR) is 103 cm³/mol. The topological polar surface area (TPSA) is 96.0 Å². The fourth-order valence-corrected chi connectivity index (χ4v) is 4.60. The molecule has 0 unspecified atom stereocenters. The molecule has 1 N–H and O–H groups in total. The zero-order valence-corrected chi connectivity index (χ0v) is 16.3. The van der Waals surface area contributed by atoms with Gasteiger partial charge >= 0.3 is 0 Å². The average molecular weight is 403 g/mol. The second kappa shape index (κ2) is 6.99. The van der Waals surface area contributed by atoms with Gasteiger partial charge in [0.25, 0.3) is 5.56 Å². The second-order valence-corrected chi connectivity index (χ2v) is 9.57. The van der Waals surface area contributed by atoms with Crippen molar-refractivity contribution in [2.75, 3.05) is 12.8 Å². The molecule has 0 aliphatic carbocycles. The van der Waals surface area contributed by atoms with Crippen LogP contribution in [0, 0.1) is 0 Å². The minimum atomic E-state index is -3.53. The summed E-state index contributed by atoms with van der Waals surface area (Å²) in [6, 6.07) is 10.0. The highest BCUT2D eigenvalue weighted by molar-refractivity contribution is 7.90. The Bertz CT molecular complexity index is 1140. The second-order valence-electron chi connectivity index (χ2n) is 6.53. The number of hydrogen-bond acceptors (Lipinski definition) is 7. The number of hydrogen-bond donors (Lipinski definition) is 1. The molecule has 1 aromatic carbocycles. The van der Waals surface area contributed by atoms with Crippen LogP contribution in [-0.4, -0.2) is 41.1 Å². The quantitative estimate of drug-likeness (QED) is 0.669. The Morgan fingerprint density at radius 2 is 2.04 bits per heavy atom. The smallest absolute Gasteiger partial charge is 0.256 e. The predicted octanol–water partition coefficient (Wildman–Crippen LogP) is 1.86. The average Bonchev–Trinajstić information content (AvgIpc) is 3.10. The van der Waals surface area contributed by atoms with Gasteiger partial charge in [0.15, 0.2) is 0 Å². The molecule has 3 heterocycles. The highest BCUT2D eigenvalue weighted by atomic mass is 32.2. The van der Waals surface area contributed by atoms with Crippen LogP contribution in [0.5, 0.6) is 0 Å². The fraction of sp³-hybridized carbons (Fsp3) is 0.278. The summed E-state index contributed by atoms with van der Waals surface area (Å²) >= 11 is 1.64. The van der Waals surface area contributed by atoms with Crippen LogP contribution < -0.4 is 5.56 Å². The summed E-state index contributed by atoms with van der Waals surface area (Å²) in [5, 5.41) is 0.718. The number of aromatic amines is 1. The lowest BCUT2D eigenvalue weighted by atomic mass is 10.1. The first-order valence-electron chi connectivity index (χ1n) is 8.45. The molecule has 9 heteroatoms. The number of sulfone groups is 1. The molecule has 1 aliphatic heterocycles. The van der Waals surface area contributed by atoms with Gasteiger partial charge in [-0.1, -0.05) is 30.3 Å². The third kappa shape index (κ3) is 3.85. The molecule has 0 fully saturated rings. The van der Waals surface area contributed by atoms with Gasteiger partial charge in [0.05, 0.1) is 11.3 Å². The molecule has 4 rings (SSSR count). The van der Waals surface area contributed by atoms with Crippen molar-refractivity contribution in [3.63, 3.8) is 0 Å². The number of benzene rings is 1. The molecule has 0 radical (unpaired) electrons. The molecule has 0 saturated heterocycles. The highest BCUT2D eigenvalue weighted by Gasteiger charge is 2.24. The number of aromatic nitrogens is 3. The van der Waals surface area contributed by atoms with Crippen LogP contribution in [0.2, 0.25) is 0 Å². The molecule has 2 aromatic heterocycles. The van der Waals surface area contributed by atoms with Crippen LogP contribution in [-0.2, 0) is 29.3 Å². The van der Waals surface area contributed by atoms with Crippen molar-refractivity contribution < 1.29 is 8.42 Å². The molecule has 140 valence electrons. The van der Waals surface area contributed by atoms with Gasteiger partial charge in [0.2, 0.25) is 15.0 Å². The summed E-state index contributed by atoms with van der Waals surface area (Å²) in [7, 11) is -3.53. The normalized spacial score (nSPS) is 14.9. The Morgan fingerprint density at radius 1 is 1.26 bits per heavy atom. The molecule has 0 bridgehead atoms. The van der Waals surface area contributed by atoms with Crippen molar-refractivity contribution in [2.45, 2.75) is 24.7 Å². The van der Waals surface area contributed by atoms with Gasteiger partial charge in [-0.25, -0.2) is 18.4 Å². The van der Waals surface area contributed by atoms with E-state index < -0.39 is 9.84 Å². The SMILES string of the molecule is CS(=O)(=O)c1nc2c(c(=O)[nH]1)CN(Cc1cnc(-c3ccccc3)s1)CC2. The van der Waals surface area contributed by atoms with E-state index in [1.54, 1.807) is 11.3 Å². The van der Waals surface area contributed by atoms with Crippen molar-refractivity contribution in [3.05, 3.63) is 63.0 Å². The Morgan fingerprint density at radius 3 is 2.78 bits per heavy atom. The Kier molecular flexibility index (Phi) is 4.67. The number of thiazole rings is 1. The van der Waals surface area contributed by atoms with Crippen LogP contribution in [0.25, 0.3) is 10.6 Å². The first-order chi connectivity index (χ1) is 12.9. The molecule has 3 aromatic rings. The van der Waals surface area contributed by atoms with Crippen molar-refractivity contribution in [2.24, 2.45) is 0 Å². The summed E-state index contributed by atoms with van der Waals surface area (Å²) in [6.45, 7) is 1.85. The van der Waals surface area contributed by atoms with E-state index >= 15 is 0 Å². The van der Waals surface area contributed by atoms with Gasteiger partial charge in [-0.3, -0.25) is 14.7 Å². The summed E-state index contributed by atoms with van der Waals surface area (Å²) in [4.78, 5) is 26.6. The summed E-state index contributed by atoms with van der Waals surface area (Å²) in [5.74, 6) is 0. The van der Waals surface area contributed by atoms with Gasteiger partial charge in [-0.15, -0.1) is 11.3 Å². The molecular weight excluding hydrogens is 384 g/mol. The van der Waals surface area contributed by atoms with E-state index in [9.17, 15) is 13.2 Å². The van der Waals surface area contributed by atoms with E-state index in [4.69, 9.17) is 0 Å². The molecule has 0 saturated carbocycles. The van der Waals surface area contributed by atoms with Crippen LogP contribution in [0.3, 0.4) is 0 Å². The van der Waals surface area contributed by atoms with Crippen molar-refractivity contribution in [1.29, 1.82) is 0 Å². The lowest BCUT2D eigenvalue weighted by Crippen LogP contribution is -2.35. The monoisotopic (exact) mass is 402 g/mol. The minimum Gasteiger partial charge on any atom is -0.297 e. The molecule has 0 amide bonds. The standard InChI is InChI=1S/C18H18N4O3S2/c1-27(24,25)18-20-15-7-8-22(11-14(15)16(23)21-18)10-13-9-19-17(26-13)12-5-3-2-4-6-12/h2-6,9H,7-8,10-11H2,1H3,(H,20,21,23). The molecule has 27 heavy (non-hydrogen) atoms. The van der Waals surface area contributed by atoms with Crippen LogP contribution in [0.4, 0.5) is 0 Å². The maximum atomic E-state index is 12.3. The number of rotatable bonds is 4. The fourth-order valence-electron chi connectivity index (χ4n) is 3.08. The van der Waals surface area contributed by atoms with Gasteiger partial charge in [0, 0.05) is 48.9 Å². The number of H-pyrrole nitrogens is 1. The first-order valence-corrected chi connectivity index (χ1v) is 11.2. The number of nitrogens with zero attached hydrogens (tertiary/aromatic N) is 3. The summed E-state index contributed by atoms with van der Waals surface area (Å²) in [6.07, 6.45) is 3.46. The summed E-state index contributed by atoms with van der Waals surface area (Å²) < 4.78 is 23.3. The van der Waals surface area contributed by atoms with Crippen LogP contribution in [0.1, 0.15) is 16.1 Å². The Hall–Kier alpha value is -2.36. The molecule has 0 atom stereocenters. The molecule has 1 aliphatic rings. The molecular formula is C18H18N4O3S2. The van der Waals surface area contributed by atoms with Gasteiger partial charge in [-0.05, 0) is 0 Å². The van der Waals surface area contributed by atoms with Crippen molar-refractivity contribution in [1.82, 2.24) is 19.9 Å². The van der Waals surface area contributed by atoms with E-state index in [2.05, 4.69) is 19.9 Å². The van der Waals surface area contributed by atoms with Gasteiger partial charge < -0.3 is 0 Å². The van der Waals surface area contributed by atoms with E-state index in [0.29, 0.717) is 37.3 Å². The lowest BCUT2D eigenvalue weighted by Gasteiger charge is -2.26. The number of nitrogens with one attached hydrogen (secondary N) is 1. The number of fused-ring (bicyclic) bond motifs is 1.